The number of aromatic nitrogens is 4. The van der Waals surface area contributed by atoms with Crippen molar-refractivity contribution >= 4 is 11.4 Å². The number of hydrogen-bond donors (Lipinski definition) is 1. The Balaban J connectivity index is 1.48. The maximum absolute atomic E-state index is 12.6. The molecule has 0 aliphatic carbocycles. The molecule has 0 saturated heterocycles. The van der Waals surface area contributed by atoms with E-state index in [-0.39, 0.29) is 18.2 Å². The normalized spacial score (nSPS) is 12.2. The molecule has 7 nitrogen and oxygen atoms in total. The Kier molecular flexibility index (Phi) is 4.65. The predicted octanol–water partition coefficient (Wildman–Crippen LogP) is 2.86. The van der Waals surface area contributed by atoms with Gasteiger partial charge in [-0.1, -0.05) is 36.4 Å². The third-order valence-corrected chi connectivity index (χ3v) is 4.39. The number of fused-ring (bicyclic) bond motifs is 1. The zero-order valence-electron chi connectivity index (χ0n) is 14.9. The maximum atomic E-state index is 12.6. The van der Waals surface area contributed by atoms with Gasteiger partial charge in [0, 0.05) is 19.5 Å². The van der Waals surface area contributed by atoms with Gasteiger partial charge in [0.2, 0.25) is 17.7 Å². The molecule has 7 heteroatoms. The van der Waals surface area contributed by atoms with Crippen LogP contribution < -0.4 is 5.32 Å². The smallest absolute Gasteiger partial charge is 0.224 e. The van der Waals surface area contributed by atoms with Crippen LogP contribution in [0.1, 0.15) is 35.5 Å². The summed E-state index contributed by atoms with van der Waals surface area (Å²) in [6.45, 7) is 2.09. The third-order valence-electron chi connectivity index (χ3n) is 4.39. The van der Waals surface area contributed by atoms with Crippen LogP contribution in [0.2, 0.25) is 0 Å². The van der Waals surface area contributed by atoms with E-state index in [1.807, 2.05) is 59.1 Å². The van der Waals surface area contributed by atoms with E-state index in [2.05, 4.69) is 20.5 Å². The Morgan fingerprint density at radius 2 is 1.96 bits per heavy atom. The Morgan fingerprint density at radius 1 is 1.15 bits per heavy atom. The second-order valence-electron chi connectivity index (χ2n) is 6.27. The van der Waals surface area contributed by atoms with Crippen molar-refractivity contribution in [2.45, 2.75) is 25.8 Å². The molecule has 1 aromatic carbocycles. The van der Waals surface area contributed by atoms with E-state index in [9.17, 15) is 4.79 Å². The van der Waals surface area contributed by atoms with Gasteiger partial charge in [-0.3, -0.25) is 4.79 Å². The highest BCUT2D eigenvalue weighted by molar-refractivity contribution is 5.77. The number of carbonyl (C=O) groups is 1. The van der Waals surface area contributed by atoms with Gasteiger partial charge in [0.05, 0.1) is 24.2 Å². The first kappa shape index (κ1) is 17.0. The van der Waals surface area contributed by atoms with E-state index in [1.165, 1.54) is 0 Å². The van der Waals surface area contributed by atoms with Crippen LogP contribution >= 0.6 is 0 Å². The molecule has 4 aromatic rings. The largest absolute Gasteiger partial charge is 0.425 e. The van der Waals surface area contributed by atoms with Crippen LogP contribution in [-0.2, 0) is 11.3 Å². The molecule has 0 aliphatic rings. The number of nitrogens with one attached hydrogen (secondary N) is 1. The fraction of sp³-hybridized carbons (Fsp3) is 0.200. The summed E-state index contributed by atoms with van der Waals surface area (Å²) in [5, 5.41) is 11.0. The van der Waals surface area contributed by atoms with Crippen LogP contribution in [0.15, 0.2) is 65.3 Å². The van der Waals surface area contributed by atoms with Gasteiger partial charge in [0.1, 0.15) is 5.82 Å². The molecule has 1 atom stereocenters. The van der Waals surface area contributed by atoms with Crippen molar-refractivity contribution < 1.29 is 9.21 Å². The summed E-state index contributed by atoms with van der Waals surface area (Å²) >= 11 is 0. The SMILES string of the molecule is Cc1nnc(C(CC(=O)NCc2ncc3ccccn23)c2ccccc2)o1. The number of benzene rings is 1. The number of amides is 1. The molecular weight excluding hydrogens is 342 g/mol. The second-order valence-corrected chi connectivity index (χ2v) is 6.27. The van der Waals surface area contributed by atoms with Crippen LogP contribution in [0.5, 0.6) is 0 Å². The molecule has 3 aromatic heterocycles. The van der Waals surface area contributed by atoms with E-state index in [0.29, 0.717) is 18.3 Å². The molecule has 1 amide bonds. The van der Waals surface area contributed by atoms with E-state index in [1.54, 1.807) is 13.1 Å². The summed E-state index contributed by atoms with van der Waals surface area (Å²) in [5.41, 5.74) is 1.95. The zero-order chi connectivity index (χ0) is 18.6. The van der Waals surface area contributed by atoms with Crippen molar-refractivity contribution in [3.8, 4) is 0 Å². The zero-order valence-corrected chi connectivity index (χ0v) is 14.9. The lowest BCUT2D eigenvalue weighted by molar-refractivity contribution is -0.121. The first-order valence-electron chi connectivity index (χ1n) is 8.73. The van der Waals surface area contributed by atoms with Crippen molar-refractivity contribution in [2.24, 2.45) is 0 Å². The lowest BCUT2D eigenvalue weighted by Gasteiger charge is -2.13. The van der Waals surface area contributed by atoms with Crippen molar-refractivity contribution in [3.63, 3.8) is 0 Å². The number of rotatable bonds is 6. The van der Waals surface area contributed by atoms with Gasteiger partial charge < -0.3 is 14.1 Å². The van der Waals surface area contributed by atoms with Crippen molar-refractivity contribution in [3.05, 3.63) is 84.1 Å². The highest BCUT2D eigenvalue weighted by Crippen LogP contribution is 2.26. The van der Waals surface area contributed by atoms with Gasteiger partial charge in [0.25, 0.3) is 0 Å². The van der Waals surface area contributed by atoms with E-state index in [4.69, 9.17) is 4.42 Å². The Hall–Kier alpha value is -3.48. The molecule has 3 heterocycles. The summed E-state index contributed by atoms with van der Waals surface area (Å²) in [5.74, 6) is 1.32. The number of pyridine rings is 1. The fourth-order valence-corrected chi connectivity index (χ4v) is 3.05. The minimum atomic E-state index is -0.288. The van der Waals surface area contributed by atoms with Gasteiger partial charge in [-0.2, -0.15) is 0 Å². The molecule has 0 radical (unpaired) electrons. The van der Waals surface area contributed by atoms with Gasteiger partial charge in [-0.25, -0.2) is 4.98 Å². The van der Waals surface area contributed by atoms with Crippen LogP contribution in [0.4, 0.5) is 0 Å². The molecule has 0 bridgehead atoms. The molecule has 27 heavy (non-hydrogen) atoms. The first-order chi connectivity index (χ1) is 13.2. The Bertz CT molecular complexity index is 1050. The summed E-state index contributed by atoms with van der Waals surface area (Å²) in [6.07, 6.45) is 3.93. The quantitative estimate of drug-likeness (QED) is 0.571. The average molecular weight is 361 g/mol. The molecule has 136 valence electrons. The topological polar surface area (TPSA) is 85.3 Å². The molecule has 1 N–H and O–H groups in total. The van der Waals surface area contributed by atoms with Gasteiger partial charge >= 0.3 is 0 Å². The highest BCUT2D eigenvalue weighted by Gasteiger charge is 2.23. The third kappa shape index (κ3) is 3.72. The average Bonchev–Trinajstić information content (AvgIpc) is 3.31. The minimum absolute atomic E-state index is 0.104. The Labute approximate surface area is 156 Å². The van der Waals surface area contributed by atoms with E-state index >= 15 is 0 Å². The summed E-state index contributed by atoms with van der Waals surface area (Å²) in [4.78, 5) is 17.0. The molecule has 0 fully saturated rings. The molecule has 0 spiro atoms. The van der Waals surface area contributed by atoms with Crippen molar-refractivity contribution in [1.82, 2.24) is 24.9 Å². The van der Waals surface area contributed by atoms with Gasteiger partial charge in [0.15, 0.2) is 0 Å². The second kappa shape index (κ2) is 7.41. The Morgan fingerprint density at radius 3 is 2.74 bits per heavy atom. The van der Waals surface area contributed by atoms with E-state index in [0.717, 1.165) is 16.9 Å². The highest BCUT2D eigenvalue weighted by atomic mass is 16.4. The van der Waals surface area contributed by atoms with Crippen LogP contribution in [0.3, 0.4) is 0 Å². The van der Waals surface area contributed by atoms with Crippen LogP contribution in [-0.4, -0.2) is 25.5 Å². The van der Waals surface area contributed by atoms with Crippen LogP contribution in [0.25, 0.3) is 5.52 Å². The molecule has 4 rings (SSSR count). The monoisotopic (exact) mass is 361 g/mol. The molecule has 0 aliphatic heterocycles. The van der Waals surface area contributed by atoms with Crippen molar-refractivity contribution in [1.29, 1.82) is 0 Å². The summed E-state index contributed by atoms with van der Waals surface area (Å²) < 4.78 is 7.54. The van der Waals surface area contributed by atoms with Gasteiger partial charge in [-0.15, -0.1) is 10.2 Å². The first-order valence-corrected chi connectivity index (χ1v) is 8.73. The summed E-state index contributed by atoms with van der Waals surface area (Å²) in [6, 6.07) is 15.6. The summed E-state index contributed by atoms with van der Waals surface area (Å²) in [7, 11) is 0. The number of aryl methyl sites for hydroxylation is 1. The molecule has 1 unspecified atom stereocenters. The molecule has 0 saturated carbocycles. The van der Waals surface area contributed by atoms with Crippen LogP contribution in [0, 0.1) is 6.92 Å². The fourth-order valence-electron chi connectivity index (χ4n) is 3.05. The maximum Gasteiger partial charge on any atom is 0.224 e. The predicted molar refractivity (Wildman–Crippen MR) is 99.0 cm³/mol. The lowest BCUT2D eigenvalue weighted by atomic mass is 9.95. The standard InChI is InChI=1S/C20H19N5O2/c1-14-23-24-20(27-14)17(15-7-3-2-4-8-15)11-19(26)22-13-18-21-12-16-9-5-6-10-25(16)18/h2-10,12,17H,11,13H2,1H3,(H,22,26). The number of imidazole rings is 1. The van der Waals surface area contributed by atoms with Gasteiger partial charge in [-0.05, 0) is 17.7 Å². The molecular formula is C20H19N5O2. The lowest BCUT2D eigenvalue weighted by Crippen LogP contribution is -2.26. The number of carbonyl (C=O) groups excluding carboxylic acids is 1. The van der Waals surface area contributed by atoms with Crippen molar-refractivity contribution in [2.75, 3.05) is 0 Å². The van der Waals surface area contributed by atoms with E-state index < -0.39 is 0 Å². The number of nitrogens with zero attached hydrogens (tertiary/aromatic N) is 4. The minimum Gasteiger partial charge on any atom is -0.425 e. The number of hydrogen-bond acceptors (Lipinski definition) is 5.